The molecule has 1 heterocycles. The van der Waals surface area contributed by atoms with Crippen molar-refractivity contribution in [3.63, 3.8) is 0 Å². The molecule has 0 saturated carbocycles. The summed E-state index contributed by atoms with van der Waals surface area (Å²) in [6.45, 7) is 0. The normalized spacial score (nSPS) is 15.9. The molecule has 1 aliphatic rings. The summed E-state index contributed by atoms with van der Waals surface area (Å²) in [4.78, 5) is 0. The Bertz CT molecular complexity index is 940. The van der Waals surface area contributed by atoms with E-state index in [2.05, 4.69) is 48.6 Å². The summed E-state index contributed by atoms with van der Waals surface area (Å²) in [5, 5.41) is 0. The van der Waals surface area contributed by atoms with Gasteiger partial charge < -0.3 is 9.47 Å². The molecule has 0 radical (unpaired) electrons. The van der Waals surface area contributed by atoms with Gasteiger partial charge in [0.15, 0.2) is 11.5 Å². The summed E-state index contributed by atoms with van der Waals surface area (Å²) in [7, 11) is 1.67. The Morgan fingerprint density at radius 3 is 2.27 bits per heavy atom. The van der Waals surface area contributed by atoms with E-state index in [0.29, 0.717) is 0 Å². The average Bonchev–Trinajstić information content (AvgIpc) is 2.72. The van der Waals surface area contributed by atoms with Crippen molar-refractivity contribution in [2.24, 2.45) is 0 Å². The second-order valence-electron chi connectivity index (χ2n) is 6.18. The molecule has 2 nitrogen and oxygen atoms in total. The van der Waals surface area contributed by atoms with Crippen molar-refractivity contribution in [3.05, 3.63) is 107 Å². The van der Waals surface area contributed by atoms with Gasteiger partial charge in [-0.25, -0.2) is 0 Å². The first-order chi connectivity index (χ1) is 12.8. The number of hydrogen-bond acceptors (Lipinski definition) is 2. The Morgan fingerprint density at radius 2 is 1.54 bits per heavy atom. The zero-order valence-electron chi connectivity index (χ0n) is 14.6. The van der Waals surface area contributed by atoms with Crippen LogP contribution in [0, 0.1) is 0 Å². The zero-order valence-corrected chi connectivity index (χ0v) is 14.6. The van der Waals surface area contributed by atoms with Gasteiger partial charge in [0, 0.05) is 5.56 Å². The van der Waals surface area contributed by atoms with E-state index in [4.69, 9.17) is 9.47 Å². The molecule has 0 bridgehead atoms. The standard InChI is InChI=1S/C24H20O2/c1-25-22-14-8-13-20-17-21(16-15-18-9-4-2-5-10-18)23(26-24(20)22)19-11-6-3-7-12-19/h2-17,23H,1H3/b16-15+. The van der Waals surface area contributed by atoms with Crippen molar-refractivity contribution in [1.29, 1.82) is 0 Å². The fraction of sp³-hybridized carbons (Fsp3) is 0.0833. The number of hydrogen-bond donors (Lipinski definition) is 0. The monoisotopic (exact) mass is 340 g/mol. The summed E-state index contributed by atoms with van der Waals surface area (Å²) in [5.41, 5.74) is 4.43. The predicted molar refractivity (Wildman–Crippen MR) is 106 cm³/mol. The van der Waals surface area contributed by atoms with Crippen LogP contribution >= 0.6 is 0 Å². The van der Waals surface area contributed by atoms with E-state index in [1.807, 2.05) is 48.5 Å². The Balaban J connectivity index is 1.78. The molecule has 128 valence electrons. The molecule has 1 unspecified atom stereocenters. The Hall–Kier alpha value is -3.26. The molecular formula is C24H20O2. The highest BCUT2D eigenvalue weighted by Crippen LogP contribution is 2.43. The molecule has 0 fully saturated rings. The van der Waals surface area contributed by atoms with Crippen LogP contribution in [0.25, 0.3) is 12.2 Å². The summed E-state index contributed by atoms with van der Waals surface area (Å²) >= 11 is 0. The fourth-order valence-corrected chi connectivity index (χ4v) is 3.15. The highest BCUT2D eigenvalue weighted by atomic mass is 16.5. The summed E-state index contributed by atoms with van der Waals surface area (Å²) in [5.74, 6) is 1.55. The molecule has 0 aromatic heterocycles. The molecule has 0 spiro atoms. The molecule has 2 heteroatoms. The van der Waals surface area contributed by atoms with Gasteiger partial charge in [-0.3, -0.25) is 0 Å². The molecule has 0 N–H and O–H groups in total. The maximum Gasteiger partial charge on any atom is 0.169 e. The third-order valence-corrected chi connectivity index (χ3v) is 4.46. The zero-order chi connectivity index (χ0) is 17.8. The van der Waals surface area contributed by atoms with Crippen LogP contribution in [0.4, 0.5) is 0 Å². The first-order valence-corrected chi connectivity index (χ1v) is 8.68. The second kappa shape index (κ2) is 7.32. The van der Waals surface area contributed by atoms with Gasteiger partial charge in [-0.15, -0.1) is 0 Å². The first kappa shape index (κ1) is 16.2. The van der Waals surface area contributed by atoms with Crippen LogP contribution in [-0.4, -0.2) is 7.11 Å². The lowest BCUT2D eigenvalue weighted by Gasteiger charge is -2.27. The summed E-state index contributed by atoms with van der Waals surface area (Å²) in [6, 6.07) is 26.5. The van der Waals surface area contributed by atoms with Gasteiger partial charge in [-0.05, 0) is 28.8 Å². The van der Waals surface area contributed by atoms with Crippen molar-refractivity contribution in [3.8, 4) is 11.5 Å². The second-order valence-corrected chi connectivity index (χ2v) is 6.18. The third-order valence-electron chi connectivity index (χ3n) is 4.46. The van der Waals surface area contributed by atoms with Crippen molar-refractivity contribution in [1.82, 2.24) is 0 Å². The van der Waals surface area contributed by atoms with E-state index >= 15 is 0 Å². The molecule has 0 saturated heterocycles. The maximum atomic E-state index is 6.40. The van der Waals surface area contributed by atoms with Gasteiger partial charge in [0.25, 0.3) is 0 Å². The average molecular weight is 340 g/mol. The van der Waals surface area contributed by atoms with Crippen LogP contribution < -0.4 is 9.47 Å². The largest absolute Gasteiger partial charge is 0.493 e. The topological polar surface area (TPSA) is 18.5 Å². The minimum absolute atomic E-state index is 0.167. The molecule has 1 atom stereocenters. The SMILES string of the molecule is COc1cccc2c1OC(c1ccccc1)C(/C=C/c1ccccc1)=C2. The third kappa shape index (κ3) is 3.27. The Morgan fingerprint density at radius 1 is 0.808 bits per heavy atom. The van der Waals surface area contributed by atoms with Crippen LogP contribution in [0.3, 0.4) is 0 Å². The van der Waals surface area contributed by atoms with Gasteiger partial charge in [0.05, 0.1) is 7.11 Å². The predicted octanol–water partition coefficient (Wildman–Crippen LogP) is 5.93. The number of rotatable bonds is 4. The fourth-order valence-electron chi connectivity index (χ4n) is 3.15. The minimum atomic E-state index is -0.167. The highest BCUT2D eigenvalue weighted by molar-refractivity contribution is 5.71. The number of methoxy groups -OCH3 is 1. The summed E-state index contributed by atoms with van der Waals surface area (Å²) < 4.78 is 11.9. The van der Waals surface area contributed by atoms with E-state index in [0.717, 1.165) is 33.8 Å². The molecule has 0 amide bonds. The molecule has 26 heavy (non-hydrogen) atoms. The maximum absolute atomic E-state index is 6.40. The van der Waals surface area contributed by atoms with Gasteiger partial charge >= 0.3 is 0 Å². The lowest BCUT2D eigenvalue weighted by molar-refractivity contribution is 0.230. The van der Waals surface area contributed by atoms with Crippen molar-refractivity contribution >= 4 is 12.2 Å². The molecule has 3 aromatic rings. The first-order valence-electron chi connectivity index (χ1n) is 8.68. The smallest absolute Gasteiger partial charge is 0.169 e. The number of fused-ring (bicyclic) bond motifs is 1. The number of para-hydroxylation sites is 1. The van der Waals surface area contributed by atoms with E-state index < -0.39 is 0 Å². The van der Waals surface area contributed by atoms with E-state index in [1.54, 1.807) is 7.11 Å². The van der Waals surface area contributed by atoms with E-state index in [9.17, 15) is 0 Å². The minimum Gasteiger partial charge on any atom is -0.493 e. The number of ether oxygens (including phenoxy) is 2. The lowest BCUT2D eigenvalue weighted by atomic mass is 9.95. The molecule has 3 aromatic carbocycles. The van der Waals surface area contributed by atoms with Gasteiger partial charge in [-0.2, -0.15) is 0 Å². The van der Waals surface area contributed by atoms with Crippen LogP contribution in [0.15, 0.2) is 90.5 Å². The van der Waals surface area contributed by atoms with Crippen LogP contribution in [-0.2, 0) is 0 Å². The van der Waals surface area contributed by atoms with E-state index in [-0.39, 0.29) is 6.10 Å². The van der Waals surface area contributed by atoms with E-state index in [1.165, 1.54) is 0 Å². The van der Waals surface area contributed by atoms with Crippen LogP contribution in [0.1, 0.15) is 22.8 Å². The Kier molecular flexibility index (Phi) is 4.57. The van der Waals surface area contributed by atoms with Gasteiger partial charge in [-0.1, -0.05) is 84.9 Å². The van der Waals surface area contributed by atoms with Gasteiger partial charge in [0.2, 0.25) is 0 Å². The van der Waals surface area contributed by atoms with Crippen molar-refractivity contribution in [2.75, 3.05) is 7.11 Å². The lowest BCUT2D eigenvalue weighted by Crippen LogP contribution is -2.14. The molecule has 4 rings (SSSR count). The molecule has 1 aliphatic heterocycles. The highest BCUT2D eigenvalue weighted by Gasteiger charge is 2.25. The van der Waals surface area contributed by atoms with Crippen molar-refractivity contribution in [2.45, 2.75) is 6.10 Å². The van der Waals surface area contributed by atoms with Crippen LogP contribution in [0.2, 0.25) is 0 Å². The Labute approximate surface area is 154 Å². The summed E-state index contributed by atoms with van der Waals surface area (Å²) in [6.07, 6.45) is 6.27. The quantitative estimate of drug-likeness (QED) is 0.586. The van der Waals surface area contributed by atoms with Crippen molar-refractivity contribution < 1.29 is 9.47 Å². The number of benzene rings is 3. The molecular weight excluding hydrogens is 320 g/mol. The van der Waals surface area contributed by atoms with Crippen LogP contribution in [0.5, 0.6) is 11.5 Å². The molecule has 0 aliphatic carbocycles. The van der Waals surface area contributed by atoms with Gasteiger partial charge in [0.1, 0.15) is 6.10 Å².